The molecule has 0 aromatic heterocycles. The molecule has 7 rings (SSSR count). The summed E-state index contributed by atoms with van der Waals surface area (Å²) in [5.41, 5.74) is 0. The number of ether oxygens (including phenoxy) is 8. The Morgan fingerprint density at radius 1 is 0.635 bits per heavy atom. The summed E-state index contributed by atoms with van der Waals surface area (Å²) < 4.78 is 46.0. The van der Waals surface area contributed by atoms with E-state index in [2.05, 4.69) is 0 Å². The fourth-order valence-corrected chi connectivity index (χ4v) is 10.4. The Hall–Kier alpha value is -1.26. The minimum absolute atomic E-state index is 0.0980. The van der Waals surface area contributed by atoms with Gasteiger partial charge in [-0.2, -0.15) is 0 Å². The van der Waals surface area contributed by atoms with E-state index in [4.69, 9.17) is 49.5 Å². The maximum atomic E-state index is 12.5. The Morgan fingerprint density at radius 3 is 2.05 bits per heavy atom. The molecule has 4 saturated heterocycles. The number of aliphatic hydroxyl groups is 14. The number of halogens is 1. The smallest absolute Gasteiger partial charge is 0.330 e. The van der Waals surface area contributed by atoms with E-state index in [0.29, 0.717) is 6.42 Å². The zero-order chi connectivity index (χ0) is 45.3. The molecule has 22 heteroatoms. The number of carbonyl (C=O) groups is 1. The number of alkyl halides is 1. The topological polar surface area (TPSA) is 337 Å². The summed E-state index contributed by atoms with van der Waals surface area (Å²) in [6.07, 6.45) is -21.7. The average Bonchev–Trinajstić information content (AvgIpc) is 3.25. The van der Waals surface area contributed by atoms with Crippen molar-refractivity contribution < 1.29 is 104 Å². The largest absolute Gasteiger partial charge is 0.460 e. The molecule has 0 amide bonds. The molecular formula is C41H66ClO21+. The molecule has 4 aliphatic heterocycles. The first-order valence-electron chi connectivity index (χ1n) is 22.2. The number of fused-ring (bicyclic) bond motifs is 1. The first kappa shape index (κ1) is 49.6. The SMILES string of the molecule is O=C(C=CC1CCC(Cl)CC1)OCC1OC(OCC2OC(OC3CC4C(O)CC(O)CC4[OH+]C3C3CCC(O)C(O)C3)C(OC3OCC(O)C(O)C3O)C(O)C2O)C(O)C(O)C1O. The van der Waals surface area contributed by atoms with Gasteiger partial charge in [0.15, 0.2) is 31.1 Å². The quantitative estimate of drug-likeness (QED) is 0.0381. The van der Waals surface area contributed by atoms with Gasteiger partial charge in [0, 0.05) is 30.2 Å². The van der Waals surface area contributed by atoms with Gasteiger partial charge in [-0.25, -0.2) is 4.79 Å². The molecule has 362 valence electrons. The van der Waals surface area contributed by atoms with E-state index in [9.17, 15) is 66.1 Å². The van der Waals surface area contributed by atoms with Gasteiger partial charge in [-0.1, -0.05) is 6.08 Å². The Labute approximate surface area is 369 Å². The summed E-state index contributed by atoms with van der Waals surface area (Å²) in [5.74, 6) is -1.38. The van der Waals surface area contributed by atoms with Crippen molar-refractivity contribution in [3.05, 3.63) is 12.2 Å². The average molecular weight is 930 g/mol. The molecule has 4 heterocycles. The van der Waals surface area contributed by atoms with Crippen LogP contribution in [0, 0.1) is 17.8 Å². The summed E-state index contributed by atoms with van der Waals surface area (Å²) in [6.45, 7) is -1.63. The van der Waals surface area contributed by atoms with Crippen LogP contribution in [0.25, 0.3) is 0 Å². The van der Waals surface area contributed by atoms with Crippen molar-refractivity contribution in [2.45, 2.75) is 198 Å². The van der Waals surface area contributed by atoms with Crippen molar-refractivity contribution >= 4 is 17.6 Å². The highest BCUT2D eigenvalue weighted by Gasteiger charge is 2.56. The minimum Gasteiger partial charge on any atom is -0.460 e. The Bertz CT molecular complexity index is 1490. The highest BCUT2D eigenvalue weighted by atomic mass is 35.5. The zero-order valence-corrected chi connectivity index (χ0v) is 35.5. The van der Waals surface area contributed by atoms with Crippen LogP contribution in [-0.2, 0) is 38.0 Å². The molecule has 7 aliphatic rings. The van der Waals surface area contributed by atoms with Crippen molar-refractivity contribution in [2.75, 3.05) is 19.8 Å². The molecule has 0 bridgehead atoms. The first-order valence-corrected chi connectivity index (χ1v) is 22.6. The second-order valence-corrected chi connectivity index (χ2v) is 19.0. The number of allylic oxidation sites excluding steroid dienone is 1. The molecule has 7 fully saturated rings. The Balaban J connectivity index is 1.06. The lowest BCUT2D eigenvalue weighted by molar-refractivity contribution is -0.385. The van der Waals surface area contributed by atoms with Crippen LogP contribution < -0.4 is 0 Å². The number of esters is 1. The second kappa shape index (κ2) is 21.8. The molecule has 63 heavy (non-hydrogen) atoms. The van der Waals surface area contributed by atoms with E-state index in [-0.39, 0.29) is 49.3 Å². The van der Waals surface area contributed by atoms with E-state index >= 15 is 0 Å². The maximum absolute atomic E-state index is 12.5. The van der Waals surface area contributed by atoms with Gasteiger partial charge in [0.2, 0.25) is 0 Å². The standard InChI is InChI=1S/C41H65ClO21/c42-18-5-1-16(2-6-18)3-8-29(48)56-14-27-31(50)33(52)36(55)39(61-27)58-15-28-32(51)34(53)38(63-40-35(54)30(49)24(47)13-57-40)41(62-28)60-26-12-20-22(45)10-19(43)11-25(20)59-37(26)17-4-7-21(44)23(46)9-17/h3,8,16-28,30-41,43-47,49-55H,1-2,4-7,9-15H2/p+1. The van der Waals surface area contributed by atoms with E-state index in [1.165, 1.54) is 6.08 Å². The van der Waals surface area contributed by atoms with Crippen molar-refractivity contribution in [1.29, 1.82) is 0 Å². The van der Waals surface area contributed by atoms with Gasteiger partial charge < -0.3 is 99.2 Å². The van der Waals surface area contributed by atoms with Gasteiger partial charge in [-0.05, 0) is 57.3 Å². The summed E-state index contributed by atoms with van der Waals surface area (Å²) >= 11 is 6.17. The van der Waals surface area contributed by atoms with E-state index in [0.717, 1.165) is 25.7 Å². The summed E-state index contributed by atoms with van der Waals surface area (Å²) in [6, 6.07) is 0. The lowest BCUT2D eigenvalue weighted by Crippen LogP contribution is -2.65. The molecular weight excluding hydrogens is 864 g/mol. The van der Waals surface area contributed by atoms with Crippen molar-refractivity contribution in [3.8, 4) is 0 Å². The Kier molecular flexibility index (Phi) is 17.2. The van der Waals surface area contributed by atoms with Crippen molar-refractivity contribution in [1.82, 2.24) is 0 Å². The summed E-state index contributed by atoms with van der Waals surface area (Å²) in [7, 11) is 0. The second-order valence-electron chi connectivity index (χ2n) is 18.4. The van der Waals surface area contributed by atoms with Gasteiger partial charge in [0.05, 0.1) is 43.5 Å². The monoisotopic (exact) mass is 929 g/mol. The Morgan fingerprint density at radius 2 is 1.32 bits per heavy atom. The summed E-state index contributed by atoms with van der Waals surface area (Å²) in [4.78, 5) is 12.5. The fourth-order valence-electron chi connectivity index (χ4n) is 10.1. The third-order valence-corrected chi connectivity index (χ3v) is 14.4. The highest BCUT2D eigenvalue weighted by molar-refractivity contribution is 6.20. The van der Waals surface area contributed by atoms with Crippen LogP contribution >= 0.6 is 11.6 Å². The van der Waals surface area contributed by atoms with Crippen LogP contribution in [0.1, 0.15) is 64.2 Å². The van der Waals surface area contributed by atoms with Crippen molar-refractivity contribution in [2.24, 2.45) is 17.8 Å². The molecule has 0 aromatic rings. The third-order valence-electron chi connectivity index (χ3n) is 14.0. The van der Waals surface area contributed by atoms with E-state index < -0.39 is 160 Å². The zero-order valence-electron chi connectivity index (χ0n) is 34.7. The fraction of sp³-hybridized carbons (Fsp3) is 0.927. The van der Waals surface area contributed by atoms with Crippen LogP contribution in [0.3, 0.4) is 0 Å². The number of hydrogen-bond acceptors (Lipinski definition) is 20. The molecule has 23 atom stereocenters. The molecule has 3 aliphatic carbocycles. The predicted molar refractivity (Wildman–Crippen MR) is 211 cm³/mol. The molecule has 0 radical (unpaired) electrons. The van der Waals surface area contributed by atoms with E-state index in [1.807, 2.05) is 0 Å². The molecule has 0 aromatic carbocycles. The number of rotatable bonds is 12. The number of carbonyl (C=O) groups excluding carboxylic acids is 1. The number of hydrogen-bond donors (Lipinski definition) is 12. The van der Waals surface area contributed by atoms with Crippen molar-refractivity contribution in [3.63, 3.8) is 0 Å². The summed E-state index contributed by atoms with van der Waals surface area (Å²) in [5, 5.41) is 129. The van der Waals surface area contributed by atoms with Crippen LogP contribution in [0.4, 0.5) is 0 Å². The van der Waals surface area contributed by atoms with E-state index in [1.54, 1.807) is 6.08 Å². The van der Waals surface area contributed by atoms with Gasteiger partial charge >= 0.3 is 5.97 Å². The highest BCUT2D eigenvalue weighted by Crippen LogP contribution is 2.43. The molecule has 13 N–H and O–H groups in total. The predicted octanol–water partition coefficient (Wildman–Crippen LogP) is -4.31. The lowest BCUT2D eigenvalue weighted by atomic mass is 9.72. The third kappa shape index (κ3) is 11.7. The maximum Gasteiger partial charge on any atom is 0.330 e. The number of aliphatic hydroxyl groups excluding tert-OH is 12. The molecule has 3 saturated carbocycles. The van der Waals surface area contributed by atoms with Crippen LogP contribution in [0.2, 0.25) is 0 Å². The van der Waals surface area contributed by atoms with Crippen LogP contribution in [0.15, 0.2) is 12.2 Å². The molecule has 0 spiro atoms. The van der Waals surface area contributed by atoms with Crippen LogP contribution in [-0.4, -0.2) is 226 Å². The first-order chi connectivity index (χ1) is 30.0. The van der Waals surface area contributed by atoms with Gasteiger partial charge in [-0.15, -0.1) is 11.6 Å². The molecule has 21 nitrogen and oxygen atoms in total. The normalized spacial score (nSPS) is 51.1. The van der Waals surface area contributed by atoms with Gasteiger partial charge in [0.25, 0.3) is 0 Å². The minimum atomic E-state index is -1.89. The lowest BCUT2D eigenvalue weighted by Gasteiger charge is -2.49. The van der Waals surface area contributed by atoms with Gasteiger partial charge in [0.1, 0.15) is 79.9 Å². The van der Waals surface area contributed by atoms with Gasteiger partial charge in [-0.3, -0.25) is 0 Å². The van der Waals surface area contributed by atoms with Crippen LogP contribution in [0.5, 0.6) is 0 Å². The molecule has 23 unspecified atom stereocenters.